The Bertz CT molecular complexity index is 474. The number of rotatable bonds is 4. The zero-order valence-electron chi connectivity index (χ0n) is 9.77. The fourth-order valence-electron chi connectivity index (χ4n) is 1.50. The second kappa shape index (κ2) is 5.80. The van der Waals surface area contributed by atoms with E-state index in [-0.39, 0.29) is 6.61 Å². The van der Waals surface area contributed by atoms with Gasteiger partial charge in [-0.15, -0.1) is 0 Å². The first kappa shape index (κ1) is 12.9. The zero-order chi connectivity index (χ0) is 12.8. The monoisotopic (exact) mass is 231 g/mol. The summed E-state index contributed by atoms with van der Waals surface area (Å²) in [6, 6.07) is 8.84. The van der Waals surface area contributed by atoms with Crippen LogP contribution in [0.5, 0.6) is 0 Å². The van der Waals surface area contributed by atoms with Crippen molar-refractivity contribution in [2.45, 2.75) is 19.8 Å². The molecule has 0 aliphatic rings. The summed E-state index contributed by atoms with van der Waals surface area (Å²) < 4.78 is 4.61. The molecular formula is C13H13NO3. The van der Waals surface area contributed by atoms with Crippen LogP contribution >= 0.6 is 0 Å². The number of carbonyl (C=O) groups is 2. The predicted molar refractivity (Wildman–Crippen MR) is 61.2 cm³/mol. The van der Waals surface area contributed by atoms with E-state index in [0.29, 0.717) is 5.56 Å². The molecule has 1 aromatic carbocycles. The van der Waals surface area contributed by atoms with Gasteiger partial charge in [0.2, 0.25) is 0 Å². The van der Waals surface area contributed by atoms with Gasteiger partial charge in [-0.1, -0.05) is 24.3 Å². The Kier molecular flexibility index (Phi) is 4.41. The van der Waals surface area contributed by atoms with Gasteiger partial charge in [0, 0.05) is 0 Å². The highest BCUT2D eigenvalue weighted by molar-refractivity contribution is 6.36. The van der Waals surface area contributed by atoms with Crippen LogP contribution in [0.1, 0.15) is 24.0 Å². The van der Waals surface area contributed by atoms with E-state index >= 15 is 0 Å². The van der Waals surface area contributed by atoms with Crippen molar-refractivity contribution < 1.29 is 14.3 Å². The lowest BCUT2D eigenvalue weighted by molar-refractivity contribution is -0.153. The van der Waals surface area contributed by atoms with E-state index in [1.165, 1.54) is 0 Å². The van der Waals surface area contributed by atoms with Gasteiger partial charge in [0.1, 0.15) is 5.92 Å². The molecule has 1 aromatic rings. The minimum atomic E-state index is -1.09. The largest absolute Gasteiger partial charge is 0.460 e. The van der Waals surface area contributed by atoms with E-state index in [9.17, 15) is 9.59 Å². The SMILES string of the molecule is CCOC(=O)C(=O)C(C#N)c1ccccc1C. The summed E-state index contributed by atoms with van der Waals surface area (Å²) in [4.78, 5) is 23.0. The van der Waals surface area contributed by atoms with Gasteiger partial charge < -0.3 is 4.74 Å². The van der Waals surface area contributed by atoms with Crippen LogP contribution in [-0.2, 0) is 14.3 Å². The predicted octanol–water partition coefficient (Wildman–Crippen LogP) is 1.73. The number of ether oxygens (including phenoxy) is 1. The van der Waals surface area contributed by atoms with Crippen LogP contribution in [-0.4, -0.2) is 18.4 Å². The number of ketones is 1. The molecule has 0 aliphatic heterocycles. The van der Waals surface area contributed by atoms with Gasteiger partial charge >= 0.3 is 5.97 Å². The topological polar surface area (TPSA) is 67.2 Å². The highest BCUT2D eigenvalue weighted by Crippen LogP contribution is 2.20. The van der Waals surface area contributed by atoms with Crippen molar-refractivity contribution in [2.75, 3.05) is 6.61 Å². The molecule has 1 unspecified atom stereocenters. The Morgan fingerprint density at radius 3 is 2.59 bits per heavy atom. The fourth-order valence-corrected chi connectivity index (χ4v) is 1.50. The van der Waals surface area contributed by atoms with Crippen LogP contribution in [0.2, 0.25) is 0 Å². The average Bonchev–Trinajstić information content (AvgIpc) is 2.32. The highest BCUT2D eigenvalue weighted by Gasteiger charge is 2.28. The van der Waals surface area contributed by atoms with Crippen LogP contribution in [0.3, 0.4) is 0 Å². The lowest BCUT2D eigenvalue weighted by Gasteiger charge is -2.10. The number of nitrogens with zero attached hydrogens (tertiary/aromatic N) is 1. The van der Waals surface area contributed by atoms with E-state index in [2.05, 4.69) is 4.74 Å². The van der Waals surface area contributed by atoms with E-state index in [1.54, 1.807) is 32.0 Å². The number of hydrogen-bond acceptors (Lipinski definition) is 4. The van der Waals surface area contributed by atoms with Gasteiger partial charge in [0.05, 0.1) is 12.7 Å². The van der Waals surface area contributed by atoms with E-state index < -0.39 is 17.7 Å². The van der Waals surface area contributed by atoms with Crippen molar-refractivity contribution in [1.82, 2.24) is 0 Å². The van der Waals surface area contributed by atoms with Gasteiger partial charge in [-0.3, -0.25) is 4.79 Å². The van der Waals surface area contributed by atoms with Crippen molar-refractivity contribution in [3.8, 4) is 6.07 Å². The first-order chi connectivity index (χ1) is 8.11. The van der Waals surface area contributed by atoms with Crippen molar-refractivity contribution in [1.29, 1.82) is 5.26 Å². The molecule has 0 heterocycles. The van der Waals surface area contributed by atoms with Crippen LogP contribution in [0.15, 0.2) is 24.3 Å². The normalized spacial score (nSPS) is 11.4. The van der Waals surface area contributed by atoms with Crippen LogP contribution in [0, 0.1) is 18.3 Å². The summed E-state index contributed by atoms with van der Waals surface area (Å²) >= 11 is 0. The molecule has 1 atom stereocenters. The Morgan fingerprint density at radius 2 is 2.06 bits per heavy atom. The molecule has 0 aromatic heterocycles. The molecule has 4 nitrogen and oxygen atoms in total. The first-order valence-electron chi connectivity index (χ1n) is 5.28. The van der Waals surface area contributed by atoms with Crippen molar-refractivity contribution in [2.24, 2.45) is 0 Å². The smallest absolute Gasteiger partial charge is 0.376 e. The Balaban J connectivity index is 3.02. The minimum absolute atomic E-state index is 0.122. The van der Waals surface area contributed by atoms with Crippen molar-refractivity contribution in [3.63, 3.8) is 0 Å². The lowest BCUT2D eigenvalue weighted by Crippen LogP contribution is -2.24. The molecule has 0 aliphatic carbocycles. The number of carbonyl (C=O) groups excluding carboxylic acids is 2. The Labute approximate surface area is 99.8 Å². The quantitative estimate of drug-likeness (QED) is 0.584. The maximum atomic E-state index is 11.7. The van der Waals surface area contributed by atoms with Gasteiger partial charge in [0.25, 0.3) is 5.78 Å². The van der Waals surface area contributed by atoms with Crippen LogP contribution < -0.4 is 0 Å². The fraction of sp³-hybridized carbons (Fsp3) is 0.308. The molecule has 0 saturated heterocycles. The molecule has 0 radical (unpaired) electrons. The number of aryl methyl sites for hydroxylation is 1. The summed E-state index contributed by atoms with van der Waals surface area (Å²) in [6.45, 7) is 3.52. The lowest BCUT2D eigenvalue weighted by atomic mass is 9.92. The maximum absolute atomic E-state index is 11.7. The molecule has 0 saturated carbocycles. The number of esters is 1. The summed E-state index contributed by atoms with van der Waals surface area (Å²) in [6.07, 6.45) is 0. The van der Waals surface area contributed by atoms with Gasteiger partial charge in [-0.25, -0.2) is 4.79 Å². The molecule has 17 heavy (non-hydrogen) atoms. The molecule has 0 N–H and O–H groups in total. The van der Waals surface area contributed by atoms with Gasteiger partial charge in [-0.2, -0.15) is 5.26 Å². The summed E-state index contributed by atoms with van der Waals surface area (Å²) in [5.41, 5.74) is 1.35. The highest BCUT2D eigenvalue weighted by atomic mass is 16.5. The van der Waals surface area contributed by atoms with Crippen LogP contribution in [0.25, 0.3) is 0 Å². The van der Waals surface area contributed by atoms with Crippen LogP contribution in [0.4, 0.5) is 0 Å². The average molecular weight is 231 g/mol. The number of hydrogen-bond donors (Lipinski definition) is 0. The summed E-state index contributed by atoms with van der Waals surface area (Å²) in [7, 11) is 0. The van der Waals surface area contributed by atoms with E-state index in [0.717, 1.165) is 5.56 Å². The van der Waals surface area contributed by atoms with Crippen molar-refractivity contribution in [3.05, 3.63) is 35.4 Å². The van der Waals surface area contributed by atoms with Gasteiger partial charge in [0.15, 0.2) is 0 Å². The Morgan fingerprint density at radius 1 is 1.41 bits per heavy atom. The maximum Gasteiger partial charge on any atom is 0.376 e. The molecular weight excluding hydrogens is 218 g/mol. The molecule has 0 bridgehead atoms. The molecule has 0 fully saturated rings. The minimum Gasteiger partial charge on any atom is -0.460 e. The first-order valence-corrected chi connectivity index (χ1v) is 5.28. The zero-order valence-corrected chi connectivity index (χ0v) is 9.77. The third-order valence-corrected chi connectivity index (χ3v) is 2.37. The molecule has 88 valence electrons. The molecule has 4 heteroatoms. The van der Waals surface area contributed by atoms with Gasteiger partial charge in [-0.05, 0) is 25.0 Å². The number of nitriles is 1. The summed E-state index contributed by atoms with van der Waals surface area (Å²) in [5, 5.41) is 9.01. The number of benzene rings is 1. The third kappa shape index (κ3) is 2.91. The standard InChI is InChI=1S/C13H13NO3/c1-3-17-13(16)12(15)11(8-14)10-7-5-4-6-9(10)2/h4-7,11H,3H2,1-2H3. The van der Waals surface area contributed by atoms with Crippen molar-refractivity contribution >= 4 is 11.8 Å². The summed E-state index contributed by atoms with van der Waals surface area (Å²) in [5.74, 6) is -2.86. The van der Waals surface area contributed by atoms with E-state index in [1.807, 2.05) is 12.1 Å². The third-order valence-electron chi connectivity index (χ3n) is 2.37. The second-order valence-corrected chi connectivity index (χ2v) is 3.50. The molecule has 0 amide bonds. The van der Waals surface area contributed by atoms with E-state index in [4.69, 9.17) is 5.26 Å². The Hall–Kier alpha value is -2.15. The number of Topliss-reactive ketones (excluding diaryl/α,β-unsaturated/α-hetero) is 1. The second-order valence-electron chi connectivity index (χ2n) is 3.50. The molecule has 1 rings (SSSR count). The molecule has 0 spiro atoms.